The van der Waals surface area contributed by atoms with Gasteiger partial charge in [0.15, 0.2) is 19.8 Å². The van der Waals surface area contributed by atoms with E-state index >= 15 is 0 Å². The third-order valence-corrected chi connectivity index (χ3v) is 14.2. The number of aromatic nitrogens is 3. The monoisotopic (exact) mass is 557 g/mol. The van der Waals surface area contributed by atoms with Crippen LogP contribution in [-0.2, 0) is 19.1 Å². The maximum absolute atomic E-state index is 13.5. The van der Waals surface area contributed by atoms with Gasteiger partial charge < -0.3 is 9.41 Å². The maximum atomic E-state index is 13.5. The Labute approximate surface area is 226 Å². The van der Waals surface area contributed by atoms with Crippen LogP contribution in [0.5, 0.6) is 0 Å². The molecular formula is C27H39N5O4SSi. The van der Waals surface area contributed by atoms with Crippen molar-refractivity contribution in [2.45, 2.75) is 88.0 Å². The minimum Gasteiger partial charge on any atom is -0.414 e. The highest BCUT2D eigenvalue weighted by molar-refractivity contribution is 7.91. The molecule has 0 radical (unpaired) electrons. The van der Waals surface area contributed by atoms with E-state index in [1.807, 2.05) is 13.0 Å². The first-order valence-corrected chi connectivity index (χ1v) is 17.5. The van der Waals surface area contributed by atoms with Gasteiger partial charge in [-0.05, 0) is 67.6 Å². The standard InChI is InChI=1S/C27H39N5O4SSi/c1-8-18-15-19(36-38(6,7)27(3,4)5)16-21(18)25(33)32-31-24-26(30-23-22(29-24)12-13-28-23)37(34,35)20-11-9-10-17(2)14-20/h9-14,18-19,21H,8,15-16H2,1-7H3,(H,28,30)(H,29,31)(H,32,33). The van der Waals surface area contributed by atoms with Crippen molar-refractivity contribution in [2.24, 2.45) is 11.8 Å². The van der Waals surface area contributed by atoms with Gasteiger partial charge >= 0.3 is 0 Å². The summed E-state index contributed by atoms with van der Waals surface area (Å²) in [5.41, 5.74) is 7.18. The van der Waals surface area contributed by atoms with Crippen LogP contribution in [0.3, 0.4) is 0 Å². The number of carbonyl (C=O) groups excluding carboxylic acids is 1. The van der Waals surface area contributed by atoms with Gasteiger partial charge in [0.25, 0.3) is 0 Å². The van der Waals surface area contributed by atoms with Crippen molar-refractivity contribution < 1.29 is 17.6 Å². The lowest BCUT2D eigenvalue weighted by atomic mass is 9.93. The Morgan fingerprint density at radius 1 is 1.18 bits per heavy atom. The second-order valence-corrected chi connectivity index (χ2v) is 18.4. The van der Waals surface area contributed by atoms with Crippen LogP contribution in [0.15, 0.2) is 46.5 Å². The third-order valence-electron chi connectivity index (χ3n) is 7.99. The molecule has 3 unspecified atom stereocenters. The molecule has 0 bridgehead atoms. The van der Waals surface area contributed by atoms with Gasteiger partial charge in [-0.15, -0.1) is 0 Å². The summed E-state index contributed by atoms with van der Waals surface area (Å²) in [6.45, 7) is 15.0. The van der Waals surface area contributed by atoms with Crippen molar-refractivity contribution >= 4 is 41.0 Å². The second kappa shape index (κ2) is 10.4. The van der Waals surface area contributed by atoms with Crippen LogP contribution in [0.1, 0.15) is 52.5 Å². The number of nitrogens with one attached hydrogen (secondary N) is 3. The van der Waals surface area contributed by atoms with E-state index in [1.165, 1.54) is 6.07 Å². The van der Waals surface area contributed by atoms with Crippen molar-refractivity contribution in [3.8, 4) is 0 Å². The van der Waals surface area contributed by atoms with Crippen molar-refractivity contribution in [3.63, 3.8) is 0 Å². The average Bonchev–Trinajstić information content (AvgIpc) is 3.47. The number of sulfone groups is 1. The Kier molecular flexibility index (Phi) is 7.75. The lowest BCUT2D eigenvalue weighted by Gasteiger charge is -2.38. The molecule has 1 fully saturated rings. The van der Waals surface area contributed by atoms with Crippen LogP contribution in [0, 0.1) is 18.8 Å². The number of aromatic amines is 1. The molecule has 0 saturated heterocycles. The Hall–Kier alpha value is -2.76. The largest absolute Gasteiger partial charge is 0.414 e. The van der Waals surface area contributed by atoms with E-state index in [-0.39, 0.29) is 44.6 Å². The number of hydrogen-bond acceptors (Lipinski definition) is 7. The second-order valence-electron chi connectivity index (χ2n) is 11.8. The Bertz CT molecular complexity index is 1430. The lowest BCUT2D eigenvalue weighted by Crippen LogP contribution is -2.43. The number of hydrogen-bond donors (Lipinski definition) is 3. The summed E-state index contributed by atoms with van der Waals surface area (Å²) in [5.74, 6) is -0.288. The summed E-state index contributed by atoms with van der Waals surface area (Å²) in [6.07, 6.45) is 4.00. The van der Waals surface area contributed by atoms with E-state index in [2.05, 4.69) is 66.6 Å². The first-order chi connectivity index (χ1) is 17.7. The number of anilines is 1. The van der Waals surface area contributed by atoms with Crippen LogP contribution < -0.4 is 10.9 Å². The molecule has 206 valence electrons. The fraction of sp³-hybridized carbons (Fsp3) is 0.519. The highest BCUT2D eigenvalue weighted by Crippen LogP contribution is 2.43. The zero-order valence-electron chi connectivity index (χ0n) is 23.3. The average molecular weight is 558 g/mol. The number of aryl methyl sites for hydroxylation is 1. The number of nitrogens with zero attached hydrogens (tertiary/aromatic N) is 2. The number of H-pyrrole nitrogens is 1. The van der Waals surface area contributed by atoms with Crippen LogP contribution in [0.25, 0.3) is 11.2 Å². The van der Waals surface area contributed by atoms with Gasteiger partial charge in [0.05, 0.1) is 4.90 Å². The maximum Gasteiger partial charge on any atom is 0.241 e. The molecule has 1 amide bonds. The Morgan fingerprint density at radius 3 is 2.58 bits per heavy atom. The van der Waals surface area contributed by atoms with E-state index in [9.17, 15) is 13.2 Å². The molecular weight excluding hydrogens is 518 g/mol. The number of rotatable bonds is 8. The van der Waals surface area contributed by atoms with Crippen molar-refractivity contribution in [1.29, 1.82) is 0 Å². The molecule has 3 aromatic rings. The SMILES string of the molecule is CCC1CC(O[Si](C)(C)C(C)(C)C)CC1C(=O)NNc1nc2cc[nH]c2nc1S(=O)(=O)c1cccc(C)c1. The molecule has 0 aliphatic heterocycles. The molecule has 11 heteroatoms. The van der Waals surface area contributed by atoms with Gasteiger partial charge in [-0.3, -0.25) is 15.6 Å². The van der Waals surface area contributed by atoms with Crippen molar-refractivity contribution in [1.82, 2.24) is 20.4 Å². The van der Waals surface area contributed by atoms with Gasteiger partial charge in [-0.1, -0.05) is 46.2 Å². The van der Waals surface area contributed by atoms with E-state index in [0.29, 0.717) is 17.6 Å². The summed E-state index contributed by atoms with van der Waals surface area (Å²) >= 11 is 0. The highest BCUT2D eigenvalue weighted by Gasteiger charge is 2.44. The molecule has 38 heavy (non-hydrogen) atoms. The molecule has 1 aliphatic carbocycles. The van der Waals surface area contributed by atoms with Crippen LogP contribution >= 0.6 is 0 Å². The topological polar surface area (TPSA) is 126 Å². The number of benzene rings is 1. The zero-order chi connectivity index (χ0) is 27.9. The molecule has 2 heterocycles. The van der Waals surface area contributed by atoms with Crippen LogP contribution in [-0.4, -0.2) is 43.7 Å². The Morgan fingerprint density at radius 2 is 1.92 bits per heavy atom. The normalized spacial score (nSPS) is 20.6. The van der Waals surface area contributed by atoms with Crippen LogP contribution in [0.2, 0.25) is 18.1 Å². The van der Waals surface area contributed by atoms with Gasteiger partial charge in [0.1, 0.15) is 5.52 Å². The van der Waals surface area contributed by atoms with Gasteiger partial charge in [0.2, 0.25) is 20.8 Å². The minimum atomic E-state index is -4.01. The number of fused-ring (bicyclic) bond motifs is 1. The molecule has 3 atom stereocenters. The zero-order valence-corrected chi connectivity index (χ0v) is 25.1. The first-order valence-electron chi connectivity index (χ1n) is 13.1. The van der Waals surface area contributed by atoms with Crippen LogP contribution in [0.4, 0.5) is 5.82 Å². The summed E-state index contributed by atoms with van der Waals surface area (Å²) in [7, 11) is -5.98. The molecule has 1 aliphatic rings. The molecule has 4 rings (SSSR count). The summed E-state index contributed by atoms with van der Waals surface area (Å²) < 4.78 is 33.7. The Balaban J connectivity index is 1.56. The van der Waals surface area contributed by atoms with Gasteiger partial charge in [0, 0.05) is 18.2 Å². The number of carbonyl (C=O) groups is 1. The van der Waals surface area contributed by atoms with Crippen molar-refractivity contribution in [3.05, 3.63) is 42.1 Å². The van der Waals surface area contributed by atoms with Crippen molar-refractivity contribution in [2.75, 3.05) is 5.43 Å². The summed E-state index contributed by atoms with van der Waals surface area (Å²) in [4.78, 5) is 25.2. The minimum absolute atomic E-state index is 0.0212. The third kappa shape index (κ3) is 5.64. The quantitative estimate of drug-likeness (QED) is 0.251. The number of hydrazine groups is 1. The predicted octanol–water partition coefficient (Wildman–Crippen LogP) is 5.37. The van der Waals surface area contributed by atoms with Gasteiger partial charge in [-0.25, -0.2) is 18.4 Å². The molecule has 2 aromatic heterocycles. The number of amides is 1. The first kappa shape index (κ1) is 28.3. The predicted molar refractivity (Wildman–Crippen MR) is 151 cm³/mol. The molecule has 3 N–H and O–H groups in total. The van der Waals surface area contributed by atoms with E-state index in [4.69, 9.17) is 4.43 Å². The van der Waals surface area contributed by atoms with Gasteiger partial charge in [-0.2, -0.15) is 0 Å². The molecule has 0 spiro atoms. The lowest BCUT2D eigenvalue weighted by molar-refractivity contribution is -0.125. The smallest absolute Gasteiger partial charge is 0.241 e. The highest BCUT2D eigenvalue weighted by atomic mass is 32.2. The summed E-state index contributed by atoms with van der Waals surface area (Å²) in [5, 5.41) is -0.165. The molecule has 1 saturated carbocycles. The molecule has 1 aromatic carbocycles. The fourth-order valence-electron chi connectivity index (χ4n) is 4.77. The summed E-state index contributed by atoms with van der Waals surface area (Å²) in [6, 6.07) is 8.33. The fourth-order valence-corrected chi connectivity index (χ4v) is 7.53. The van der Waals surface area contributed by atoms with E-state index in [1.54, 1.807) is 24.4 Å². The van der Waals surface area contributed by atoms with E-state index < -0.39 is 18.2 Å². The van der Waals surface area contributed by atoms with E-state index in [0.717, 1.165) is 18.4 Å². The molecule has 9 nitrogen and oxygen atoms in total.